The van der Waals surface area contributed by atoms with Crippen LogP contribution in [0.3, 0.4) is 0 Å². The number of Topliss-reactive ketones (excluding diaryl/α,β-unsaturated/α-hetero) is 1. The molecule has 0 radical (unpaired) electrons. The number of fused-ring (bicyclic) bond motifs is 1. The summed E-state index contributed by atoms with van der Waals surface area (Å²) >= 11 is 13.2. The Hall–Kier alpha value is -1.42. The lowest BCUT2D eigenvalue weighted by Crippen LogP contribution is -2.01. The first kappa shape index (κ1) is 14.5. The van der Waals surface area contributed by atoms with Crippen LogP contribution in [0.15, 0.2) is 42.5 Å². The fraction of sp³-hybridized carbons (Fsp3) is 0.0625. The molecule has 21 heavy (non-hydrogen) atoms. The zero-order valence-corrected chi connectivity index (χ0v) is 13.0. The van der Waals surface area contributed by atoms with E-state index in [1.54, 1.807) is 30.3 Å². The highest BCUT2D eigenvalue weighted by molar-refractivity contribution is 7.20. The van der Waals surface area contributed by atoms with Gasteiger partial charge in [-0.25, -0.2) is 4.39 Å². The molecule has 0 N–H and O–H groups in total. The highest BCUT2D eigenvalue weighted by Crippen LogP contribution is 2.28. The Bertz CT molecular complexity index is 841. The summed E-state index contributed by atoms with van der Waals surface area (Å²) in [4.78, 5) is 12.9. The molecule has 0 atom stereocenters. The first-order chi connectivity index (χ1) is 10.0. The van der Waals surface area contributed by atoms with Gasteiger partial charge in [-0.2, -0.15) is 0 Å². The third kappa shape index (κ3) is 3.10. The summed E-state index contributed by atoms with van der Waals surface area (Å²) in [5.41, 5.74) is 0.731. The van der Waals surface area contributed by atoms with Crippen molar-refractivity contribution in [3.05, 3.63) is 68.8 Å². The molecule has 0 aliphatic heterocycles. The number of carbonyl (C=O) groups is 1. The van der Waals surface area contributed by atoms with Crippen molar-refractivity contribution in [3.63, 3.8) is 0 Å². The van der Waals surface area contributed by atoms with Crippen LogP contribution in [0.4, 0.5) is 4.39 Å². The summed E-state index contributed by atoms with van der Waals surface area (Å²) in [5.74, 6) is -0.343. The fourth-order valence-corrected chi connectivity index (χ4v) is 3.57. The Balaban J connectivity index is 1.89. The van der Waals surface area contributed by atoms with Gasteiger partial charge in [0.1, 0.15) is 5.82 Å². The van der Waals surface area contributed by atoms with Gasteiger partial charge in [0.25, 0.3) is 0 Å². The zero-order chi connectivity index (χ0) is 15.0. The van der Waals surface area contributed by atoms with Crippen LogP contribution in [0.1, 0.15) is 15.2 Å². The van der Waals surface area contributed by atoms with Crippen molar-refractivity contribution in [1.29, 1.82) is 0 Å². The highest BCUT2D eigenvalue weighted by atomic mass is 35.5. The second-order valence-corrected chi connectivity index (χ2v) is 6.56. The molecule has 3 aromatic rings. The lowest BCUT2D eigenvalue weighted by atomic mass is 10.1. The molecule has 0 saturated heterocycles. The van der Waals surface area contributed by atoms with Gasteiger partial charge in [-0.05, 0) is 41.3 Å². The number of ketones is 1. The van der Waals surface area contributed by atoms with Gasteiger partial charge in [-0.15, -0.1) is 11.3 Å². The Labute approximate surface area is 134 Å². The molecule has 0 saturated carbocycles. The van der Waals surface area contributed by atoms with E-state index < -0.39 is 0 Å². The average molecular weight is 339 g/mol. The quantitative estimate of drug-likeness (QED) is 0.554. The molecule has 1 aromatic heterocycles. The van der Waals surface area contributed by atoms with Crippen molar-refractivity contribution in [3.8, 4) is 0 Å². The number of carbonyl (C=O) groups excluding carboxylic acids is 1. The lowest BCUT2D eigenvalue weighted by Gasteiger charge is -2.02. The van der Waals surface area contributed by atoms with Crippen LogP contribution in [0.2, 0.25) is 10.0 Å². The minimum Gasteiger partial charge on any atom is -0.293 e. The number of rotatable bonds is 3. The van der Waals surface area contributed by atoms with Crippen LogP contribution in [0.5, 0.6) is 0 Å². The van der Waals surface area contributed by atoms with Crippen molar-refractivity contribution in [1.82, 2.24) is 0 Å². The van der Waals surface area contributed by atoms with Crippen LogP contribution in [0.25, 0.3) is 10.1 Å². The van der Waals surface area contributed by atoms with Gasteiger partial charge in [0.05, 0.1) is 4.88 Å². The van der Waals surface area contributed by atoms with E-state index >= 15 is 0 Å². The molecule has 2 aromatic carbocycles. The molecule has 5 heteroatoms. The minimum absolute atomic E-state index is 0.0409. The fourth-order valence-electron chi connectivity index (χ4n) is 2.07. The predicted octanol–water partition coefficient (Wildman–Crippen LogP) is 5.77. The van der Waals surface area contributed by atoms with Gasteiger partial charge in [-0.1, -0.05) is 35.3 Å². The minimum atomic E-state index is -0.302. The van der Waals surface area contributed by atoms with Crippen molar-refractivity contribution in [2.75, 3.05) is 0 Å². The number of benzene rings is 2. The van der Waals surface area contributed by atoms with E-state index in [-0.39, 0.29) is 18.0 Å². The summed E-state index contributed by atoms with van der Waals surface area (Å²) in [6.07, 6.45) is 0.200. The van der Waals surface area contributed by atoms with E-state index in [0.29, 0.717) is 14.9 Å². The summed E-state index contributed by atoms with van der Waals surface area (Å²) < 4.78 is 13.9. The van der Waals surface area contributed by atoms with Crippen LogP contribution < -0.4 is 0 Å². The predicted molar refractivity (Wildman–Crippen MR) is 86.3 cm³/mol. The van der Waals surface area contributed by atoms with Crippen molar-refractivity contribution in [2.24, 2.45) is 0 Å². The molecule has 1 nitrogen and oxygen atoms in total. The van der Waals surface area contributed by atoms with Gasteiger partial charge in [0.2, 0.25) is 0 Å². The topological polar surface area (TPSA) is 17.1 Å². The van der Waals surface area contributed by atoms with Crippen molar-refractivity contribution >= 4 is 50.4 Å². The molecular formula is C16H9Cl2FOS. The molecule has 0 amide bonds. The first-order valence-corrected chi connectivity index (χ1v) is 7.76. The number of thiophene rings is 1. The maximum atomic E-state index is 13.2. The molecule has 3 rings (SSSR count). The summed E-state index contributed by atoms with van der Waals surface area (Å²) in [6, 6.07) is 11.3. The van der Waals surface area contributed by atoms with Crippen LogP contribution in [0, 0.1) is 5.82 Å². The number of hydrogen-bond acceptors (Lipinski definition) is 2. The Morgan fingerprint density at radius 3 is 2.67 bits per heavy atom. The van der Waals surface area contributed by atoms with E-state index in [9.17, 15) is 9.18 Å². The first-order valence-electron chi connectivity index (χ1n) is 6.19. The van der Waals surface area contributed by atoms with Crippen molar-refractivity contribution < 1.29 is 9.18 Å². The lowest BCUT2D eigenvalue weighted by molar-refractivity contribution is 0.0997. The number of halogens is 3. The van der Waals surface area contributed by atoms with Crippen LogP contribution in [-0.4, -0.2) is 5.78 Å². The molecular weight excluding hydrogens is 330 g/mol. The third-order valence-corrected chi connectivity index (χ3v) is 4.85. The summed E-state index contributed by atoms with van der Waals surface area (Å²) in [7, 11) is 0. The molecule has 106 valence electrons. The van der Waals surface area contributed by atoms with Gasteiger partial charge in [-0.3, -0.25) is 4.79 Å². The highest BCUT2D eigenvalue weighted by Gasteiger charge is 2.13. The normalized spacial score (nSPS) is 11.0. The Kier molecular flexibility index (Phi) is 3.98. The molecule has 0 aliphatic carbocycles. The largest absolute Gasteiger partial charge is 0.293 e. The Morgan fingerprint density at radius 1 is 1.10 bits per heavy atom. The van der Waals surface area contributed by atoms with Gasteiger partial charge < -0.3 is 0 Å². The van der Waals surface area contributed by atoms with E-state index in [2.05, 4.69) is 0 Å². The van der Waals surface area contributed by atoms with Gasteiger partial charge in [0, 0.05) is 21.2 Å². The third-order valence-electron chi connectivity index (χ3n) is 3.12. The van der Waals surface area contributed by atoms with E-state index in [1.807, 2.05) is 0 Å². The van der Waals surface area contributed by atoms with Crippen molar-refractivity contribution in [2.45, 2.75) is 6.42 Å². The summed E-state index contributed by atoms with van der Waals surface area (Å²) in [5, 5.41) is 1.88. The smallest absolute Gasteiger partial charge is 0.177 e. The van der Waals surface area contributed by atoms with E-state index in [1.165, 1.54) is 23.5 Å². The van der Waals surface area contributed by atoms with Crippen LogP contribution in [-0.2, 0) is 6.42 Å². The Morgan fingerprint density at radius 2 is 1.90 bits per heavy atom. The maximum absolute atomic E-state index is 13.2. The monoisotopic (exact) mass is 338 g/mol. The van der Waals surface area contributed by atoms with E-state index in [4.69, 9.17) is 23.2 Å². The average Bonchev–Trinajstić information content (AvgIpc) is 2.85. The molecule has 0 unspecified atom stereocenters. The standard InChI is InChI=1S/C16H9Cl2FOS/c17-11-3-1-9(13(18)7-11)5-14(20)16-6-10-2-4-12(19)8-15(10)21-16/h1-4,6-8H,5H2. The molecule has 1 heterocycles. The zero-order valence-electron chi connectivity index (χ0n) is 10.7. The van der Waals surface area contributed by atoms with Gasteiger partial charge >= 0.3 is 0 Å². The second kappa shape index (κ2) is 5.76. The van der Waals surface area contributed by atoms with Crippen LogP contribution >= 0.6 is 34.5 Å². The number of hydrogen-bond donors (Lipinski definition) is 0. The molecule has 0 fully saturated rings. The van der Waals surface area contributed by atoms with E-state index in [0.717, 1.165) is 15.6 Å². The maximum Gasteiger partial charge on any atom is 0.177 e. The molecule has 0 bridgehead atoms. The molecule has 0 aliphatic rings. The van der Waals surface area contributed by atoms with Gasteiger partial charge in [0.15, 0.2) is 5.78 Å². The second-order valence-electron chi connectivity index (χ2n) is 4.63. The summed E-state index contributed by atoms with van der Waals surface area (Å²) in [6.45, 7) is 0. The molecule has 0 spiro atoms. The SMILES string of the molecule is O=C(Cc1ccc(Cl)cc1Cl)c1cc2ccc(F)cc2s1.